The van der Waals surface area contributed by atoms with E-state index in [-0.39, 0.29) is 37.7 Å². The summed E-state index contributed by atoms with van der Waals surface area (Å²) in [5.41, 5.74) is 5.41. The molecule has 174 valence electrons. The van der Waals surface area contributed by atoms with Gasteiger partial charge in [-0.15, -0.1) is 0 Å². The minimum atomic E-state index is -4.47. The Labute approximate surface area is 188 Å². The molecule has 0 bridgehead atoms. The fourth-order valence-electron chi connectivity index (χ4n) is 4.63. The summed E-state index contributed by atoms with van der Waals surface area (Å²) in [5, 5.41) is 0. The predicted octanol–water partition coefficient (Wildman–Crippen LogP) is 2.73. The number of benzene rings is 1. The lowest BCUT2D eigenvalue weighted by Gasteiger charge is -2.56. The number of aryl methyl sites for hydroxylation is 2. The van der Waals surface area contributed by atoms with Gasteiger partial charge in [0.1, 0.15) is 17.9 Å². The van der Waals surface area contributed by atoms with Crippen molar-refractivity contribution in [1.82, 2.24) is 9.88 Å². The van der Waals surface area contributed by atoms with E-state index in [1.807, 2.05) is 13.0 Å². The summed E-state index contributed by atoms with van der Waals surface area (Å²) in [4.78, 5) is 45.6. The molecule has 4 rings (SSSR count). The van der Waals surface area contributed by atoms with Crippen molar-refractivity contribution < 1.29 is 27.6 Å². The lowest BCUT2D eigenvalue weighted by molar-refractivity contribution is -0.164. The van der Waals surface area contributed by atoms with Crippen molar-refractivity contribution in [3.8, 4) is 0 Å². The molecule has 7 nitrogen and oxygen atoms in total. The van der Waals surface area contributed by atoms with Crippen molar-refractivity contribution in [3.63, 3.8) is 0 Å². The molecular weight excluding hydrogens is 437 g/mol. The minimum absolute atomic E-state index is 0.0532. The van der Waals surface area contributed by atoms with Gasteiger partial charge < -0.3 is 10.6 Å². The highest BCUT2D eigenvalue weighted by atomic mass is 19.4. The molecule has 1 aliphatic heterocycles. The first-order valence-corrected chi connectivity index (χ1v) is 10.4. The van der Waals surface area contributed by atoms with Gasteiger partial charge in [-0.3, -0.25) is 19.3 Å². The maximum absolute atomic E-state index is 13.7. The molecule has 1 saturated carbocycles. The van der Waals surface area contributed by atoms with E-state index in [1.165, 1.54) is 21.9 Å². The van der Waals surface area contributed by atoms with Crippen molar-refractivity contribution in [1.29, 1.82) is 0 Å². The summed E-state index contributed by atoms with van der Waals surface area (Å²) in [6.07, 6.45) is -2.74. The monoisotopic (exact) mass is 460 g/mol. The van der Waals surface area contributed by atoms with E-state index in [0.717, 1.165) is 23.3 Å². The average molecular weight is 460 g/mol. The number of alkyl halides is 3. The molecule has 1 aliphatic carbocycles. The normalized spacial score (nSPS) is 23.1. The van der Waals surface area contributed by atoms with Crippen LogP contribution in [0.15, 0.2) is 36.5 Å². The zero-order valence-corrected chi connectivity index (χ0v) is 18.1. The van der Waals surface area contributed by atoms with Gasteiger partial charge in [-0.1, -0.05) is 18.2 Å². The highest BCUT2D eigenvalue weighted by molar-refractivity contribution is 6.10. The molecule has 0 radical (unpaired) electrons. The topological polar surface area (TPSA) is 96.6 Å². The van der Waals surface area contributed by atoms with Gasteiger partial charge in [0.25, 0.3) is 5.91 Å². The number of hydrogen-bond donors (Lipinski definition) is 1. The van der Waals surface area contributed by atoms with Crippen LogP contribution in [0.4, 0.5) is 19.0 Å². The number of nitrogens with two attached hydrogens (primary N) is 1. The number of carbonyl (C=O) groups excluding carboxylic acids is 3. The second-order valence-corrected chi connectivity index (χ2v) is 8.76. The van der Waals surface area contributed by atoms with Crippen LogP contribution in [0.5, 0.6) is 0 Å². The summed E-state index contributed by atoms with van der Waals surface area (Å²) >= 11 is 0. The fraction of sp³-hybridized carbons (Fsp3) is 0.391. The van der Waals surface area contributed by atoms with Crippen molar-refractivity contribution in [2.24, 2.45) is 11.7 Å². The molecular formula is C23H23F3N4O3. The van der Waals surface area contributed by atoms with Crippen LogP contribution in [0.25, 0.3) is 0 Å². The number of rotatable bonds is 4. The lowest BCUT2D eigenvalue weighted by Crippen LogP contribution is -2.73. The summed E-state index contributed by atoms with van der Waals surface area (Å²) < 4.78 is 38.7. The van der Waals surface area contributed by atoms with Crippen LogP contribution in [0.1, 0.15) is 35.1 Å². The number of primary amides is 1. The number of piperazine rings is 1. The lowest BCUT2D eigenvalue weighted by atomic mass is 9.65. The van der Waals surface area contributed by atoms with E-state index in [9.17, 15) is 27.6 Å². The Morgan fingerprint density at radius 1 is 1.18 bits per heavy atom. The maximum Gasteiger partial charge on any atom is 0.416 e. The molecule has 1 aromatic heterocycles. The zero-order valence-electron chi connectivity index (χ0n) is 18.1. The van der Waals surface area contributed by atoms with Gasteiger partial charge in [-0.05, 0) is 55.5 Å². The zero-order chi connectivity index (χ0) is 24.1. The molecule has 3 amide bonds. The van der Waals surface area contributed by atoms with Crippen LogP contribution in [0, 0.1) is 19.8 Å². The second kappa shape index (κ2) is 7.86. The number of aromatic nitrogens is 1. The van der Waals surface area contributed by atoms with Crippen LogP contribution in [-0.2, 0) is 27.1 Å². The van der Waals surface area contributed by atoms with E-state index in [4.69, 9.17) is 5.73 Å². The van der Waals surface area contributed by atoms with Gasteiger partial charge in [0.2, 0.25) is 11.8 Å². The fourth-order valence-corrected chi connectivity index (χ4v) is 4.63. The number of halogens is 3. The number of amides is 3. The van der Waals surface area contributed by atoms with Crippen LogP contribution < -0.4 is 10.6 Å². The van der Waals surface area contributed by atoms with E-state index >= 15 is 0 Å². The molecule has 2 aromatic rings. The van der Waals surface area contributed by atoms with Crippen LogP contribution in [-0.4, -0.2) is 39.7 Å². The van der Waals surface area contributed by atoms with Gasteiger partial charge in [0.15, 0.2) is 0 Å². The average Bonchev–Trinajstić information content (AvgIpc) is 2.69. The van der Waals surface area contributed by atoms with E-state index < -0.39 is 29.1 Å². The summed E-state index contributed by atoms with van der Waals surface area (Å²) in [7, 11) is 0. The molecule has 1 aromatic carbocycles. The molecule has 1 saturated heterocycles. The van der Waals surface area contributed by atoms with Crippen molar-refractivity contribution in [3.05, 3.63) is 58.8 Å². The molecule has 2 aliphatic rings. The summed E-state index contributed by atoms with van der Waals surface area (Å²) in [6, 6.07) is 6.32. The highest BCUT2D eigenvalue weighted by Crippen LogP contribution is 2.47. The third kappa shape index (κ3) is 3.94. The van der Waals surface area contributed by atoms with E-state index in [0.29, 0.717) is 11.4 Å². The molecule has 0 unspecified atom stereocenters. The predicted molar refractivity (Wildman–Crippen MR) is 113 cm³/mol. The van der Waals surface area contributed by atoms with E-state index in [1.54, 1.807) is 13.1 Å². The van der Waals surface area contributed by atoms with Gasteiger partial charge in [0.05, 0.1) is 5.56 Å². The largest absolute Gasteiger partial charge is 0.416 e. The molecule has 1 spiro atoms. The number of nitrogens with zero attached hydrogens (tertiary/aromatic N) is 3. The number of hydrogen-bond acceptors (Lipinski definition) is 4. The van der Waals surface area contributed by atoms with Crippen molar-refractivity contribution in [2.75, 3.05) is 11.4 Å². The first-order chi connectivity index (χ1) is 15.4. The van der Waals surface area contributed by atoms with Gasteiger partial charge in [0, 0.05) is 18.7 Å². The molecule has 2 heterocycles. The molecule has 0 atom stereocenters. The Morgan fingerprint density at radius 3 is 2.36 bits per heavy atom. The Kier molecular flexibility index (Phi) is 5.42. The first kappa shape index (κ1) is 22.8. The molecule has 10 heteroatoms. The first-order valence-electron chi connectivity index (χ1n) is 10.4. The van der Waals surface area contributed by atoms with Gasteiger partial charge in [-0.25, -0.2) is 4.98 Å². The van der Waals surface area contributed by atoms with Crippen molar-refractivity contribution >= 4 is 23.5 Å². The number of carbonyl (C=O) groups is 3. The number of anilines is 1. The van der Waals surface area contributed by atoms with Crippen LogP contribution in [0.3, 0.4) is 0 Å². The standard InChI is InChI=1S/C23H23F3N4O3/c1-13-7-14(2)20(28-10-13)29-12-18(31)30(22(21(29)33)8-16(9-22)19(27)32)11-15-3-5-17(6-4-15)23(24,25)26/h3-7,10,16H,8-9,11-12H2,1-2H3,(H2,27,32). The van der Waals surface area contributed by atoms with Gasteiger partial charge >= 0.3 is 6.18 Å². The van der Waals surface area contributed by atoms with E-state index in [2.05, 4.69) is 4.98 Å². The SMILES string of the molecule is Cc1cnc(N2CC(=O)N(Cc3ccc(C(F)(F)F)cc3)C3(CC(C(N)=O)C3)C2=O)c(C)c1. The highest BCUT2D eigenvalue weighted by Gasteiger charge is 2.61. The smallest absolute Gasteiger partial charge is 0.369 e. The number of pyridine rings is 1. The summed E-state index contributed by atoms with van der Waals surface area (Å²) in [5.74, 6) is -1.50. The Hall–Kier alpha value is -3.43. The quantitative estimate of drug-likeness (QED) is 0.759. The Balaban J connectivity index is 1.67. The van der Waals surface area contributed by atoms with Crippen LogP contribution >= 0.6 is 0 Å². The third-order valence-corrected chi connectivity index (χ3v) is 6.39. The molecule has 33 heavy (non-hydrogen) atoms. The Morgan fingerprint density at radius 2 is 1.82 bits per heavy atom. The van der Waals surface area contributed by atoms with Gasteiger partial charge in [-0.2, -0.15) is 13.2 Å². The van der Waals surface area contributed by atoms with Crippen LogP contribution in [0.2, 0.25) is 0 Å². The molecule has 2 fully saturated rings. The second-order valence-electron chi connectivity index (χ2n) is 8.76. The Bertz CT molecular complexity index is 1120. The maximum atomic E-state index is 13.7. The van der Waals surface area contributed by atoms with Crippen molar-refractivity contribution in [2.45, 2.75) is 44.9 Å². The third-order valence-electron chi connectivity index (χ3n) is 6.39. The minimum Gasteiger partial charge on any atom is -0.369 e. The molecule has 2 N–H and O–H groups in total. The summed E-state index contributed by atoms with van der Waals surface area (Å²) in [6.45, 7) is 3.35.